The van der Waals surface area contributed by atoms with Crippen molar-refractivity contribution in [3.05, 3.63) is 107 Å². The Morgan fingerprint density at radius 1 is 0.548 bits per heavy atom. The van der Waals surface area contributed by atoms with Gasteiger partial charge in [-0.2, -0.15) is 0 Å². The molecule has 0 saturated carbocycles. The van der Waals surface area contributed by atoms with Crippen LogP contribution in [0.25, 0.3) is 11.1 Å². The summed E-state index contributed by atoms with van der Waals surface area (Å²) < 4.78 is 48.1. The van der Waals surface area contributed by atoms with Crippen molar-refractivity contribution in [2.45, 2.75) is 37.5 Å². The van der Waals surface area contributed by atoms with Gasteiger partial charge in [-0.15, -0.1) is 0 Å². The van der Waals surface area contributed by atoms with Gasteiger partial charge in [-0.05, 0) is 109 Å². The van der Waals surface area contributed by atoms with E-state index in [9.17, 15) is 26.4 Å². The second-order valence-electron chi connectivity index (χ2n) is 9.82. The van der Waals surface area contributed by atoms with Gasteiger partial charge >= 0.3 is 0 Å². The summed E-state index contributed by atoms with van der Waals surface area (Å²) in [6, 6.07) is 23.0. The molecule has 4 aromatic rings. The molecule has 4 aromatic carbocycles. The standard InChI is InChI=1S/C32H32N2O6S2/c1-5-41(37,38)27-13-7-23(8-14-27)31(35)33-29-17-11-25(19-21(29)3)26-12-18-30(22(4)20-26)34-32(36)24-9-15-28(16-10-24)42(39,40)6-2/h7-20H,5-6H2,1-4H3,(H,33,35)(H,34,36). The fourth-order valence-electron chi connectivity index (χ4n) is 4.32. The van der Waals surface area contributed by atoms with E-state index < -0.39 is 19.7 Å². The van der Waals surface area contributed by atoms with E-state index in [0.29, 0.717) is 22.5 Å². The number of hydrogen-bond donors (Lipinski definition) is 2. The molecule has 8 nitrogen and oxygen atoms in total. The molecule has 0 heterocycles. The highest BCUT2D eigenvalue weighted by Crippen LogP contribution is 2.29. The molecular weight excluding hydrogens is 572 g/mol. The highest BCUT2D eigenvalue weighted by Gasteiger charge is 2.15. The summed E-state index contributed by atoms with van der Waals surface area (Å²) in [6.45, 7) is 6.91. The zero-order valence-electron chi connectivity index (χ0n) is 23.8. The highest BCUT2D eigenvalue weighted by atomic mass is 32.2. The first kappa shape index (κ1) is 30.7. The molecular formula is C32H32N2O6S2. The summed E-state index contributed by atoms with van der Waals surface area (Å²) in [7, 11) is -6.68. The van der Waals surface area contributed by atoms with Crippen molar-refractivity contribution in [1.82, 2.24) is 0 Å². The smallest absolute Gasteiger partial charge is 0.255 e. The monoisotopic (exact) mass is 604 g/mol. The van der Waals surface area contributed by atoms with Crippen LogP contribution in [0, 0.1) is 13.8 Å². The van der Waals surface area contributed by atoms with Gasteiger partial charge in [0.25, 0.3) is 11.8 Å². The minimum atomic E-state index is -3.34. The van der Waals surface area contributed by atoms with Crippen molar-refractivity contribution in [3.8, 4) is 11.1 Å². The Kier molecular flexibility index (Phi) is 8.98. The molecule has 0 aliphatic heterocycles. The number of carbonyl (C=O) groups excluding carboxylic acids is 2. The Balaban J connectivity index is 1.45. The Morgan fingerprint density at radius 2 is 0.881 bits per heavy atom. The van der Waals surface area contributed by atoms with Crippen molar-refractivity contribution < 1.29 is 26.4 Å². The van der Waals surface area contributed by atoms with Crippen LogP contribution in [-0.4, -0.2) is 40.2 Å². The van der Waals surface area contributed by atoms with Crippen LogP contribution in [0.2, 0.25) is 0 Å². The van der Waals surface area contributed by atoms with Gasteiger partial charge in [-0.3, -0.25) is 9.59 Å². The lowest BCUT2D eigenvalue weighted by molar-refractivity contribution is 0.101. The molecule has 2 amide bonds. The average Bonchev–Trinajstić information content (AvgIpc) is 2.99. The van der Waals surface area contributed by atoms with E-state index in [1.54, 1.807) is 13.8 Å². The van der Waals surface area contributed by atoms with Gasteiger partial charge < -0.3 is 10.6 Å². The normalized spacial score (nSPS) is 11.6. The maximum atomic E-state index is 12.8. The summed E-state index contributed by atoms with van der Waals surface area (Å²) in [5.41, 5.74) is 5.50. The second kappa shape index (κ2) is 12.3. The van der Waals surface area contributed by atoms with E-state index >= 15 is 0 Å². The third-order valence-electron chi connectivity index (χ3n) is 6.99. The molecule has 0 aromatic heterocycles. The van der Waals surface area contributed by atoms with Gasteiger partial charge in [0.15, 0.2) is 19.7 Å². The number of rotatable bonds is 9. The SMILES string of the molecule is CCS(=O)(=O)c1ccc(C(=O)Nc2ccc(-c3ccc(NC(=O)c4ccc(S(=O)(=O)CC)cc4)c(C)c3)cc2C)cc1. The molecule has 0 unspecified atom stereocenters. The largest absolute Gasteiger partial charge is 0.322 e. The topological polar surface area (TPSA) is 126 Å². The van der Waals surface area contributed by atoms with E-state index in [0.717, 1.165) is 22.3 Å². The van der Waals surface area contributed by atoms with Crippen molar-refractivity contribution in [2.75, 3.05) is 22.1 Å². The van der Waals surface area contributed by atoms with Crippen molar-refractivity contribution in [1.29, 1.82) is 0 Å². The van der Waals surface area contributed by atoms with Gasteiger partial charge in [-0.25, -0.2) is 16.8 Å². The zero-order valence-corrected chi connectivity index (χ0v) is 25.4. The summed E-state index contributed by atoms with van der Waals surface area (Å²) in [5, 5.41) is 5.76. The lowest BCUT2D eigenvalue weighted by atomic mass is 9.99. The molecule has 0 spiro atoms. The van der Waals surface area contributed by atoms with Crippen molar-refractivity contribution in [3.63, 3.8) is 0 Å². The Bertz CT molecular complexity index is 1720. The van der Waals surface area contributed by atoms with E-state index in [1.165, 1.54) is 48.5 Å². The van der Waals surface area contributed by atoms with Crippen LogP contribution < -0.4 is 10.6 Å². The number of carbonyl (C=O) groups is 2. The summed E-state index contributed by atoms with van der Waals surface area (Å²) in [4.78, 5) is 25.9. The van der Waals surface area contributed by atoms with Crippen LogP contribution in [0.4, 0.5) is 11.4 Å². The van der Waals surface area contributed by atoms with Gasteiger partial charge in [-0.1, -0.05) is 26.0 Å². The van der Waals surface area contributed by atoms with Crippen LogP contribution in [0.15, 0.2) is 94.7 Å². The fourth-order valence-corrected chi connectivity index (χ4v) is 6.08. The van der Waals surface area contributed by atoms with Crippen LogP contribution in [0.3, 0.4) is 0 Å². The number of benzene rings is 4. The first-order chi connectivity index (χ1) is 19.8. The molecule has 0 saturated heterocycles. The zero-order chi connectivity index (χ0) is 30.7. The number of anilines is 2. The number of aryl methyl sites for hydroxylation is 2. The second-order valence-corrected chi connectivity index (χ2v) is 14.4. The third-order valence-corrected chi connectivity index (χ3v) is 10.5. The molecule has 218 valence electrons. The van der Waals surface area contributed by atoms with Gasteiger partial charge in [0, 0.05) is 22.5 Å². The van der Waals surface area contributed by atoms with Crippen LogP contribution in [-0.2, 0) is 19.7 Å². The quantitative estimate of drug-likeness (QED) is 0.239. The minimum Gasteiger partial charge on any atom is -0.322 e. The van der Waals surface area contributed by atoms with Gasteiger partial charge in [0.1, 0.15) is 0 Å². The maximum absolute atomic E-state index is 12.8. The Morgan fingerprint density at radius 3 is 1.17 bits per heavy atom. The Hall–Kier alpha value is -4.28. The Labute approximate surface area is 246 Å². The van der Waals surface area contributed by atoms with Crippen molar-refractivity contribution >= 4 is 42.9 Å². The van der Waals surface area contributed by atoms with Crippen LogP contribution in [0.5, 0.6) is 0 Å². The average molecular weight is 605 g/mol. The van der Waals surface area contributed by atoms with Crippen LogP contribution in [0.1, 0.15) is 45.7 Å². The molecule has 0 fully saturated rings. The van der Waals surface area contributed by atoms with E-state index in [1.807, 2.05) is 50.2 Å². The fraction of sp³-hybridized carbons (Fsp3) is 0.188. The number of nitrogens with one attached hydrogen (secondary N) is 2. The van der Waals surface area contributed by atoms with Crippen molar-refractivity contribution in [2.24, 2.45) is 0 Å². The number of sulfone groups is 2. The van der Waals surface area contributed by atoms with E-state index in [4.69, 9.17) is 0 Å². The van der Waals surface area contributed by atoms with Crippen LogP contribution >= 0.6 is 0 Å². The maximum Gasteiger partial charge on any atom is 0.255 e. The van der Waals surface area contributed by atoms with Gasteiger partial charge in [0.2, 0.25) is 0 Å². The number of hydrogen-bond acceptors (Lipinski definition) is 6. The summed E-state index contributed by atoms with van der Waals surface area (Å²) >= 11 is 0. The molecule has 0 aliphatic rings. The molecule has 42 heavy (non-hydrogen) atoms. The predicted octanol–water partition coefficient (Wildman–Crippen LogP) is 6.06. The molecule has 2 N–H and O–H groups in total. The van der Waals surface area contributed by atoms with E-state index in [2.05, 4.69) is 10.6 Å². The summed E-state index contributed by atoms with van der Waals surface area (Å²) in [6.07, 6.45) is 0. The molecule has 0 atom stereocenters. The highest BCUT2D eigenvalue weighted by molar-refractivity contribution is 7.91. The third kappa shape index (κ3) is 6.78. The van der Waals surface area contributed by atoms with E-state index in [-0.39, 0.29) is 33.1 Å². The number of amides is 2. The molecule has 0 aliphatic carbocycles. The van der Waals surface area contributed by atoms with Gasteiger partial charge in [0.05, 0.1) is 21.3 Å². The first-order valence-electron chi connectivity index (χ1n) is 13.3. The molecule has 0 radical (unpaired) electrons. The molecule has 4 rings (SSSR count). The summed E-state index contributed by atoms with van der Waals surface area (Å²) in [5.74, 6) is -0.706. The first-order valence-corrected chi connectivity index (χ1v) is 16.6. The predicted molar refractivity (Wildman–Crippen MR) is 166 cm³/mol. The lowest BCUT2D eigenvalue weighted by Crippen LogP contribution is -2.13. The lowest BCUT2D eigenvalue weighted by Gasteiger charge is -2.13. The minimum absolute atomic E-state index is 0.00951. The molecule has 10 heteroatoms. The molecule has 0 bridgehead atoms.